The predicted molar refractivity (Wildman–Crippen MR) is 66.3 cm³/mol. The third kappa shape index (κ3) is 4.00. The highest BCUT2D eigenvalue weighted by molar-refractivity contribution is 5.85. The molecule has 0 aromatic heterocycles. The maximum absolute atomic E-state index is 12.2. The van der Waals surface area contributed by atoms with Gasteiger partial charge in [-0.05, 0) is 19.9 Å². The monoisotopic (exact) mass is 241 g/mol. The third-order valence-corrected chi connectivity index (χ3v) is 3.31. The number of nitrogens with one attached hydrogen (secondary N) is 1. The van der Waals surface area contributed by atoms with E-state index in [1.165, 1.54) is 0 Å². The Balaban J connectivity index is 2.67. The van der Waals surface area contributed by atoms with Crippen LogP contribution in [0.5, 0.6) is 0 Å². The molecule has 2 amide bonds. The molecule has 5 nitrogen and oxygen atoms in total. The van der Waals surface area contributed by atoms with Crippen LogP contribution >= 0.6 is 0 Å². The molecule has 98 valence electrons. The summed E-state index contributed by atoms with van der Waals surface area (Å²) >= 11 is 0. The Morgan fingerprint density at radius 1 is 1.41 bits per heavy atom. The van der Waals surface area contributed by atoms with Crippen molar-refractivity contribution in [1.29, 1.82) is 0 Å². The van der Waals surface area contributed by atoms with Gasteiger partial charge in [-0.25, -0.2) is 0 Å². The topological polar surface area (TPSA) is 75.4 Å². The minimum atomic E-state index is -0.429. The zero-order valence-corrected chi connectivity index (χ0v) is 10.7. The summed E-state index contributed by atoms with van der Waals surface area (Å²) in [5, 5.41) is 2.98. The maximum atomic E-state index is 12.2. The van der Waals surface area contributed by atoms with Crippen LogP contribution in [0.3, 0.4) is 0 Å². The third-order valence-electron chi connectivity index (χ3n) is 3.31. The minimum absolute atomic E-state index is 0.0325. The second-order valence-corrected chi connectivity index (χ2v) is 4.83. The lowest BCUT2D eigenvalue weighted by atomic mass is 10.1. The minimum Gasteiger partial charge on any atom is -0.368 e. The van der Waals surface area contributed by atoms with Gasteiger partial charge in [-0.15, -0.1) is 0 Å². The number of carbonyl (C=O) groups is 2. The number of nitrogens with zero attached hydrogens (tertiary/aromatic N) is 1. The van der Waals surface area contributed by atoms with Gasteiger partial charge < -0.3 is 16.0 Å². The Morgan fingerprint density at radius 3 is 2.47 bits per heavy atom. The van der Waals surface area contributed by atoms with Crippen molar-refractivity contribution in [1.82, 2.24) is 10.2 Å². The van der Waals surface area contributed by atoms with Crippen LogP contribution in [0.15, 0.2) is 0 Å². The number of hydrogen-bond donors (Lipinski definition) is 2. The number of rotatable bonds is 6. The van der Waals surface area contributed by atoms with Crippen LogP contribution in [0, 0.1) is 5.92 Å². The molecular formula is C12H23N3O2. The normalized spacial score (nSPS) is 18.0. The van der Waals surface area contributed by atoms with Gasteiger partial charge in [-0.3, -0.25) is 9.59 Å². The van der Waals surface area contributed by atoms with Gasteiger partial charge in [0.05, 0.1) is 6.54 Å². The van der Waals surface area contributed by atoms with E-state index in [9.17, 15) is 9.59 Å². The number of carbonyl (C=O) groups excluding carboxylic acids is 2. The Kier molecular flexibility index (Phi) is 5.41. The molecule has 0 saturated heterocycles. The van der Waals surface area contributed by atoms with E-state index in [2.05, 4.69) is 5.32 Å². The SMILES string of the molecule is CNCC(C)C(=O)N(CC(N)=O)C1CCCC1. The van der Waals surface area contributed by atoms with E-state index in [0.717, 1.165) is 25.7 Å². The molecule has 1 saturated carbocycles. The fourth-order valence-corrected chi connectivity index (χ4v) is 2.45. The average Bonchev–Trinajstić information content (AvgIpc) is 2.78. The zero-order valence-electron chi connectivity index (χ0n) is 10.7. The lowest BCUT2D eigenvalue weighted by Crippen LogP contribution is -2.47. The Labute approximate surface area is 103 Å². The predicted octanol–water partition coefficient (Wildman–Crippen LogP) is 0.0984. The smallest absolute Gasteiger partial charge is 0.237 e. The molecule has 5 heteroatoms. The summed E-state index contributed by atoms with van der Waals surface area (Å²) < 4.78 is 0. The van der Waals surface area contributed by atoms with Crippen molar-refractivity contribution in [2.24, 2.45) is 11.7 Å². The van der Waals surface area contributed by atoms with Gasteiger partial charge in [0.15, 0.2) is 0 Å². The van der Waals surface area contributed by atoms with Crippen LogP contribution in [0.25, 0.3) is 0 Å². The van der Waals surface area contributed by atoms with Crippen LogP contribution < -0.4 is 11.1 Å². The first-order valence-corrected chi connectivity index (χ1v) is 6.29. The number of amides is 2. The van der Waals surface area contributed by atoms with Crippen molar-refractivity contribution in [3.63, 3.8) is 0 Å². The molecule has 1 atom stereocenters. The highest BCUT2D eigenvalue weighted by Gasteiger charge is 2.30. The van der Waals surface area contributed by atoms with Crippen molar-refractivity contribution in [2.75, 3.05) is 20.1 Å². The lowest BCUT2D eigenvalue weighted by Gasteiger charge is -2.30. The van der Waals surface area contributed by atoms with Gasteiger partial charge in [0, 0.05) is 18.5 Å². The van der Waals surface area contributed by atoms with Gasteiger partial charge in [-0.2, -0.15) is 0 Å². The van der Waals surface area contributed by atoms with E-state index in [-0.39, 0.29) is 24.4 Å². The summed E-state index contributed by atoms with van der Waals surface area (Å²) in [5.74, 6) is -0.507. The number of hydrogen-bond acceptors (Lipinski definition) is 3. The van der Waals surface area contributed by atoms with E-state index in [1.807, 2.05) is 14.0 Å². The van der Waals surface area contributed by atoms with E-state index < -0.39 is 5.91 Å². The first kappa shape index (κ1) is 14.0. The first-order valence-electron chi connectivity index (χ1n) is 6.29. The molecule has 1 rings (SSSR count). The summed E-state index contributed by atoms with van der Waals surface area (Å²) in [5.41, 5.74) is 5.22. The van der Waals surface area contributed by atoms with Crippen LogP contribution in [-0.4, -0.2) is 42.9 Å². The quantitative estimate of drug-likeness (QED) is 0.692. The Bertz CT molecular complexity index is 275. The van der Waals surface area contributed by atoms with Gasteiger partial charge in [0.2, 0.25) is 11.8 Å². The van der Waals surface area contributed by atoms with Crippen molar-refractivity contribution < 1.29 is 9.59 Å². The molecule has 1 unspecified atom stereocenters. The van der Waals surface area contributed by atoms with Crippen molar-refractivity contribution in [3.05, 3.63) is 0 Å². The lowest BCUT2D eigenvalue weighted by molar-refractivity contribution is -0.140. The van der Waals surface area contributed by atoms with E-state index in [4.69, 9.17) is 5.73 Å². The molecule has 1 fully saturated rings. The van der Waals surface area contributed by atoms with E-state index >= 15 is 0 Å². The highest BCUT2D eigenvalue weighted by atomic mass is 16.2. The highest BCUT2D eigenvalue weighted by Crippen LogP contribution is 2.24. The molecule has 0 aromatic carbocycles. The average molecular weight is 241 g/mol. The van der Waals surface area contributed by atoms with Crippen LogP contribution in [0.2, 0.25) is 0 Å². The number of nitrogens with two attached hydrogens (primary N) is 1. The molecule has 0 aliphatic heterocycles. The molecule has 0 radical (unpaired) electrons. The molecular weight excluding hydrogens is 218 g/mol. The summed E-state index contributed by atoms with van der Waals surface area (Å²) in [6, 6.07) is 0.203. The van der Waals surface area contributed by atoms with Crippen molar-refractivity contribution in [3.8, 4) is 0 Å². The van der Waals surface area contributed by atoms with Gasteiger partial charge >= 0.3 is 0 Å². The summed E-state index contributed by atoms with van der Waals surface area (Å²) in [7, 11) is 1.82. The van der Waals surface area contributed by atoms with Gasteiger partial charge in [0.1, 0.15) is 0 Å². The summed E-state index contributed by atoms with van der Waals surface area (Å²) in [4.78, 5) is 25.0. The fraction of sp³-hybridized carbons (Fsp3) is 0.833. The summed E-state index contributed by atoms with van der Waals surface area (Å²) in [6.07, 6.45) is 4.25. The number of primary amides is 1. The largest absolute Gasteiger partial charge is 0.368 e. The Morgan fingerprint density at radius 2 is 2.00 bits per heavy atom. The van der Waals surface area contributed by atoms with Crippen LogP contribution in [0.4, 0.5) is 0 Å². The second kappa shape index (κ2) is 6.59. The maximum Gasteiger partial charge on any atom is 0.237 e. The first-order chi connectivity index (χ1) is 8.06. The van der Waals surface area contributed by atoms with Gasteiger partial charge in [-0.1, -0.05) is 19.8 Å². The van der Waals surface area contributed by atoms with Crippen molar-refractivity contribution >= 4 is 11.8 Å². The standard InChI is InChI=1S/C12H23N3O2/c1-9(7-14-2)12(17)15(8-11(13)16)10-5-3-4-6-10/h9-10,14H,3-8H2,1-2H3,(H2,13,16). The molecule has 1 aliphatic carbocycles. The molecule has 0 aromatic rings. The molecule has 0 bridgehead atoms. The fourth-order valence-electron chi connectivity index (χ4n) is 2.45. The van der Waals surface area contributed by atoms with E-state index in [1.54, 1.807) is 4.90 Å². The van der Waals surface area contributed by atoms with Gasteiger partial charge in [0.25, 0.3) is 0 Å². The second-order valence-electron chi connectivity index (χ2n) is 4.83. The Hall–Kier alpha value is -1.10. The molecule has 0 spiro atoms. The summed E-state index contributed by atoms with van der Waals surface area (Å²) in [6.45, 7) is 2.56. The molecule has 17 heavy (non-hydrogen) atoms. The van der Waals surface area contributed by atoms with Crippen LogP contribution in [0.1, 0.15) is 32.6 Å². The zero-order chi connectivity index (χ0) is 12.8. The molecule has 3 N–H and O–H groups in total. The van der Waals surface area contributed by atoms with Crippen molar-refractivity contribution in [2.45, 2.75) is 38.6 Å². The van der Waals surface area contributed by atoms with E-state index in [0.29, 0.717) is 6.54 Å². The molecule has 0 heterocycles. The van der Waals surface area contributed by atoms with Crippen LogP contribution in [-0.2, 0) is 9.59 Å². The molecule has 1 aliphatic rings.